The van der Waals surface area contributed by atoms with Crippen LogP contribution in [-0.2, 0) is 4.79 Å². The van der Waals surface area contributed by atoms with E-state index in [0.717, 1.165) is 0 Å². The summed E-state index contributed by atoms with van der Waals surface area (Å²) in [6.07, 6.45) is 0. The number of carboxylic acids is 1. The fraction of sp³-hybridized carbons (Fsp3) is 0.800. The second-order valence-electron chi connectivity index (χ2n) is 2.24. The normalized spacial score (nSPS) is 13.8. The van der Waals surface area contributed by atoms with Crippen LogP contribution >= 0.6 is 0 Å². The summed E-state index contributed by atoms with van der Waals surface area (Å²) in [6.45, 7) is 3.40. The molecule has 0 aromatic rings. The van der Waals surface area contributed by atoms with Crippen molar-refractivity contribution in [1.82, 2.24) is 0 Å². The van der Waals surface area contributed by atoms with Crippen molar-refractivity contribution in [2.75, 3.05) is 0 Å². The Morgan fingerprint density at radius 3 is 2.11 bits per heavy atom. The van der Waals surface area contributed by atoms with Crippen LogP contribution in [0.25, 0.3) is 0 Å². The highest BCUT2D eigenvalue weighted by Crippen LogP contribution is 1.95. The molecule has 0 heterocycles. The minimum atomic E-state index is -1.04. The Kier molecular flexibility index (Phi) is 3.19. The monoisotopic (exact) mass is 133 g/mol. The van der Waals surface area contributed by atoms with E-state index >= 15 is 0 Å². The van der Waals surface area contributed by atoms with Crippen molar-refractivity contribution in [2.24, 2.45) is 5.92 Å². The number of carbonyl (C=O) groups is 1. The largest absolute Gasteiger partial charge is 0.635 e. The van der Waals surface area contributed by atoms with Gasteiger partial charge in [0.15, 0.2) is 6.04 Å². The molecule has 0 saturated carbocycles. The SMILES string of the molecule is CC(C)[C@H]([NH2+][O-])C(=O)O. The third-order valence-corrected chi connectivity index (χ3v) is 1.15. The third-order valence-electron chi connectivity index (χ3n) is 1.15. The molecule has 4 nitrogen and oxygen atoms in total. The van der Waals surface area contributed by atoms with Crippen LogP contribution in [0.5, 0.6) is 0 Å². The summed E-state index contributed by atoms with van der Waals surface area (Å²) in [7, 11) is 0. The molecule has 3 N–H and O–H groups in total. The summed E-state index contributed by atoms with van der Waals surface area (Å²) in [5.41, 5.74) is 0.465. The first-order valence-electron chi connectivity index (χ1n) is 2.77. The van der Waals surface area contributed by atoms with Crippen molar-refractivity contribution in [3.63, 3.8) is 0 Å². The molecule has 0 aliphatic heterocycles. The number of carboxylic acid groups (broad SMARTS) is 1. The van der Waals surface area contributed by atoms with Gasteiger partial charge in [-0.25, -0.2) is 4.79 Å². The smallest absolute Gasteiger partial charge is 0.362 e. The Labute approximate surface area is 53.5 Å². The molecule has 1 atom stereocenters. The van der Waals surface area contributed by atoms with Crippen LogP contribution in [0, 0.1) is 11.1 Å². The van der Waals surface area contributed by atoms with Crippen molar-refractivity contribution >= 4 is 5.97 Å². The Balaban J connectivity index is 3.83. The van der Waals surface area contributed by atoms with Gasteiger partial charge in [0.1, 0.15) is 0 Å². The maximum atomic E-state index is 10.1. The van der Waals surface area contributed by atoms with E-state index in [4.69, 9.17) is 5.11 Å². The highest BCUT2D eigenvalue weighted by molar-refractivity contribution is 5.71. The van der Waals surface area contributed by atoms with Crippen LogP contribution in [0.2, 0.25) is 0 Å². The number of hydrogen-bond acceptors (Lipinski definition) is 2. The lowest BCUT2D eigenvalue weighted by molar-refractivity contribution is -0.621. The van der Waals surface area contributed by atoms with Crippen LogP contribution in [0.4, 0.5) is 0 Å². The molecule has 0 radical (unpaired) electrons. The van der Waals surface area contributed by atoms with E-state index in [1.807, 2.05) is 0 Å². The van der Waals surface area contributed by atoms with E-state index in [1.54, 1.807) is 13.8 Å². The van der Waals surface area contributed by atoms with Crippen molar-refractivity contribution < 1.29 is 15.4 Å². The molecular formula is C5H11NO3. The minimum absolute atomic E-state index is 0.111. The quantitative estimate of drug-likeness (QED) is 0.492. The summed E-state index contributed by atoms with van der Waals surface area (Å²) >= 11 is 0. The summed E-state index contributed by atoms with van der Waals surface area (Å²) in [5, 5.41) is 18.3. The zero-order chi connectivity index (χ0) is 7.44. The third kappa shape index (κ3) is 2.43. The summed E-state index contributed by atoms with van der Waals surface area (Å²) in [4.78, 5) is 10.1. The average Bonchev–Trinajstić information content (AvgIpc) is 1.64. The predicted octanol–water partition coefficient (Wildman–Crippen LogP) is -0.843. The molecule has 4 heteroatoms. The topological polar surface area (TPSA) is 77.0 Å². The number of aliphatic carboxylic acids is 1. The molecule has 0 aliphatic carbocycles. The Bertz CT molecular complexity index is 102. The van der Waals surface area contributed by atoms with Crippen molar-refractivity contribution in [3.8, 4) is 0 Å². The zero-order valence-corrected chi connectivity index (χ0v) is 5.50. The first-order valence-corrected chi connectivity index (χ1v) is 2.77. The van der Waals surface area contributed by atoms with Crippen LogP contribution in [0.15, 0.2) is 0 Å². The molecular weight excluding hydrogens is 122 g/mol. The Morgan fingerprint density at radius 1 is 1.67 bits per heavy atom. The molecule has 0 saturated heterocycles. The van der Waals surface area contributed by atoms with Gasteiger partial charge in [-0.1, -0.05) is 13.8 Å². The summed E-state index contributed by atoms with van der Waals surface area (Å²) in [5.74, 6) is -1.15. The maximum Gasteiger partial charge on any atom is 0.362 e. The lowest BCUT2D eigenvalue weighted by atomic mass is 10.1. The average molecular weight is 133 g/mol. The molecule has 0 aromatic carbocycles. The molecule has 0 rings (SSSR count). The summed E-state index contributed by atoms with van der Waals surface area (Å²) in [6, 6.07) is -0.843. The van der Waals surface area contributed by atoms with Crippen molar-refractivity contribution in [2.45, 2.75) is 19.9 Å². The molecule has 0 aliphatic rings. The van der Waals surface area contributed by atoms with Crippen LogP contribution in [-0.4, -0.2) is 17.1 Å². The van der Waals surface area contributed by atoms with Gasteiger partial charge in [0.2, 0.25) is 0 Å². The molecule has 54 valence electrons. The van der Waals surface area contributed by atoms with Gasteiger partial charge in [0.25, 0.3) is 0 Å². The van der Waals surface area contributed by atoms with E-state index in [0.29, 0.717) is 5.48 Å². The van der Waals surface area contributed by atoms with Gasteiger partial charge in [-0.05, 0) is 0 Å². The molecule has 0 spiro atoms. The van der Waals surface area contributed by atoms with Crippen LogP contribution in [0.3, 0.4) is 0 Å². The maximum absolute atomic E-state index is 10.1. The van der Waals surface area contributed by atoms with Gasteiger partial charge in [-0.15, -0.1) is 0 Å². The fourth-order valence-electron chi connectivity index (χ4n) is 0.500. The molecule has 0 amide bonds. The zero-order valence-electron chi connectivity index (χ0n) is 5.50. The Hall–Kier alpha value is -0.610. The van der Waals surface area contributed by atoms with E-state index in [1.165, 1.54) is 0 Å². The van der Waals surface area contributed by atoms with Crippen molar-refractivity contribution in [1.29, 1.82) is 0 Å². The first kappa shape index (κ1) is 8.39. The second-order valence-corrected chi connectivity index (χ2v) is 2.24. The van der Waals surface area contributed by atoms with E-state index in [2.05, 4.69) is 0 Å². The first-order chi connectivity index (χ1) is 4.09. The highest BCUT2D eigenvalue weighted by Gasteiger charge is 2.20. The molecule has 0 unspecified atom stereocenters. The van der Waals surface area contributed by atoms with Gasteiger partial charge in [-0.2, -0.15) is 0 Å². The van der Waals surface area contributed by atoms with Crippen LogP contribution < -0.4 is 5.48 Å². The number of quaternary nitrogens is 1. The summed E-state index contributed by atoms with van der Waals surface area (Å²) < 4.78 is 0. The van der Waals surface area contributed by atoms with E-state index in [9.17, 15) is 10.0 Å². The van der Waals surface area contributed by atoms with E-state index < -0.39 is 12.0 Å². The van der Waals surface area contributed by atoms with Gasteiger partial charge < -0.3 is 15.8 Å². The number of hydrogen-bond donors (Lipinski definition) is 2. The second kappa shape index (κ2) is 3.42. The van der Waals surface area contributed by atoms with Gasteiger partial charge in [0.05, 0.1) is 0 Å². The van der Waals surface area contributed by atoms with E-state index in [-0.39, 0.29) is 5.92 Å². The van der Waals surface area contributed by atoms with Crippen LogP contribution in [0.1, 0.15) is 13.8 Å². The van der Waals surface area contributed by atoms with Gasteiger partial charge in [-0.3, -0.25) is 0 Å². The predicted molar refractivity (Wildman–Crippen MR) is 31.6 cm³/mol. The standard InChI is InChI=1S/C5H11NO3/c1-3(2)4(6-9)5(7)8/h3-4H,6H2,1-2H3,(H,7,8)/t4-/m0/s1. The number of nitrogens with two attached hydrogens (primary N) is 1. The number of rotatable bonds is 3. The molecule has 0 aromatic heterocycles. The van der Waals surface area contributed by atoms with Gasteiger partial charge in [0, 0.05) is 5.92 Å². The Morgan fingerprint density at radius 2 is 2.11 bits per heavy atom. The fourth-order valence-corrected chi connectivity index (χ4v) is 0.500. The van der Waals surface area contributed by atoms with Crippen molar-refractivity contribution in [3.05, 3.63) is 5.21 Å². The lowest BCUT2D eigenvalue weighted by Crippen LogP contribution is -2.87. The molecule has 9 heavy (non-hydrogen) atoms. The number of hydroxylamine groups is 1. The molecule has 0 bridgehead atoms. The minimum Gasteiger partial charge on any atom is -0.635 e. The van der Waals surface area contributed by atoms with Gasteiger partial charge >= 0.3 is 5.97 Å². The molecule has 0 fully saturated rings. The lowest BCUT2D eigenvalue weighted by Gasteiger charge is -2.15. The highest BCUT2D eigenvalue weighted by atomic mass is 16.5.